The molecule has 1 fully saturated rings. The maximum Gasteiger partial charge on any atom is 0.162 e. The van der Waals surface area contributed by atoms with Gasteiger partial charge in [0, 0.05) is 23.9 Å². The first-order chi connectivity index (χ1) is 13.8. The van der Waals surface area contributed by atoms with Gasteiger partial charge in [0.05, 0.1) is 12.8 Å². The summed E-state index contributed by atoms with van der Waals surface area (Å²) in [6.07, 6.45) is 6.51. The maximum absolute atomic E-state index is 6.45. The molecule has 0 spiro atoms. The minimum Gasteiger partial charge on any atom is -0.493 e. The molecule has 1 atom stereocenters. The zero-order valence-corrected chi connectivity index (χ0v) is 15.8. The van der Waals surface area contributed by atoms with Crippen molar-refractivity contribution in [2.24, 2.45) is 5.92 Å². The van der Waals surface area contributed by atoms with Crippen LogP contribution >= 0.6 is 0 Å². The van der Waals surface area contributed by atoms with Crippen molar-refractivity contribution >= 4 is 5.65 Å². The molecule has 140 valence electrons. The molecule has 28 heavy (non-hydrogen) atoms. The van der Waals surface area contributed by atoms with Crippen LogP contribution in [0.5, 0.6) is 11.5 Å². The molecule has 1 aliphatic rings. The van der Waals surface area contributed by atoms with Crippen molar-refractivity contribution in [1.29, 1.82) is 0 Å². The fourth-order valence-electron chi connectivity index (χ4n) is 3.61. The van der Waals surface area contributed by atoms with Crippen molar-refractivity contribution in [3.05, 3.63) is 84.7 Å². The second-order valence-electron chi connectivity index (χ2n) is 7.24. The molecule has 1 aliphatic carbocycles. The molecule has 4 aromatic rings. The van der Waals surface area contributed by atoms with Crippen LogP contribution in [0.4, 0.5) is 0 Å². The van der Waals surface area contributed by atoms with E-state index in [0.29, 0.717) is 5.92 Å². The highest BCUT2D eigenvalue weighted by Gasteiger charge is 2.34. The Labute approximate surface area is 164 Å². The van der Waals surface area contributed by atoms with Gasteiger partial charge in [0.25, 0.3) is 0 Å². The third kappa shape index (κ3) is 3.22. The summed E-state index contributed by atoms with van der Waals surface area (Å²) in [6, 6.07) is 22.5. The molecule has 0 aliphatic heterocycles. The van der Waals surface area contributed by atoms with Crippen LogP contribution in [0.3, 0.4) is 0 Å². The van der Waals surface area contributed by atoms with Crippen LogP contribution in [0, 0.1) is 5.92 Å². The predicted octanol–water partition coefficient (Wildman–Crippen LogP) is 5.54. The molecule has 2 aromatic carbocycles. The van der Waals surface area contributed by atoms with Crippen LogP contribution < -0.4 is 9.47 Å². The van der Waals surface area contributed by atoms with Gasteiger partial charge in [-0.05, 0) is 48.7 Å². The second-order valence-corrected chi connectivity index (χ2v) is 7.24. The van der Waals surface area contributed by atoms with E-state index in [1.54, 1.807) is 7.11 Å². The van der Waals surface area contributed by atoms with Crippen LogP contribution in [-0.2, 0) is 0 Å². The highest BCUT2D eigenvalue weighted by molar-refractivity contribution is 5.66. The Morgan fingerprint density at radius 1 is 0.964 bits per heavy atom. The van der Waals surface area contributed by atoms with Crippen molar-refractivity contribution in [3.8, 4) is 22.8 Å². The van der Waals surface area contributed by atoms with Crippen molar-refractivity contribution in [2.45, 2.75) is 18.9 Å². The van der Waals surface area contributed by atoms with Gasteiger partial charge in [0.1, 0.15) is 11.8 Å². The van der Waals surface area contributed by atoms with Gasteiger partial charge in [-0.1, -0.05) is 36.4 Å². The Balaban J connectivity index is 1.47. The van der Waals surface area contributed by atoms with Gasteiger partial charge in [0.15, 0.2) is 11.5 Å². The van der Waals surface area contributed by atoms with E-state index in [4.69, 9.17) is 14.5 Å². The van der Waals surface area contributed by atoms with E-state index in [0.717, 1.165) is 28.4 Å². The first-order valence-electron chi connectivity index (χ1n) is 9.65. The van der Waals surface area contributed by atoms with Gasteiger partial charge in [0.2, 0.25) is 0 Å². The molecule has 1 unspecified atom stereocenters. The summed E-state index contributed by atoms with van der Waals surface area (Å²) >= 11 is 0. The topological polar surface area (TPSA) is 35.8 Å². The van der Waals surface area contributed by atoms with E-state index in [2.05, 4.69) is 30.3 Å². The van der Waals surface area contributed by atoms with E-state index in [1.807, 2.05) is 53.2 Å². The lowest BCUT2D eigenvalue weighted by molar-refractivity contribution is 0.174. The molecule has 0 amide bonds. The van der Waals surface area contributed by atoms with Gasteiger partial charge in [-0.25, -0.2) is 4.98 Å². The Kier molecular flexibility index (Phi) is 4.24. The molecular formula is C24H22N2O2. The molecule has 1 saturated carbocycles. The van der Waals surface area contributed by atoms with Crippen molar-refractivity contribution < 1.29 is 9.47 Å². The highest BCUT2D eigenvalue weighted by atomic mass is 16.5. The number of ether oxygens (including phenoxy) is 2. The standard InChI is InChI=1S/C24H22N2O2/c1-27-22-15-19(20-16-26-14-6-5-9-23(26)25-20)12-13-21(22)28-24(18-10-11-18)17-7-3-2-4-8-17/h2-9,12-16,18,24H,10-11H2,1H3. The van der Waals surface area contributed by atoms with Gasteiger partial charge in [-0.3, -0.25) is 0 Å². The number of rotatable bonds is 6. The lowest BCUT2D eigenvalue weighted by atomic mass is 10.1. The minimum atomic E-state index is 0.0659. The average Bonchev–Trinajstić information content (AvgIpc) is 3.50. The normalized spacial score (nSPS) is 14.8. The number of hydrogen-bond donors (Lipinski definition) is 0. The third-order valence-corrected chi connectivity index (χ3v) is 5.26. The fraction of sp³-hybridized carbons (Fsp3) is 0.208. The monoisotopic (exact) mass is 370 g/mol. The second kappa shape index (κ2) is 7.04. The average molecular weight is 370 g/mol. The molecule has 5 rings (SSSR count). The molecule has 2 aromatic heterocycles. The molecule has 2 heterocycles. The van der Waals surface area contributed by atoms with Crippen LogP contribution in [0.25, 0.3) is 16.9 Å². The first kappa shape index (κ1) is 16.9. The molecule has 0 N–H and O–H groups in total. The number of imidazole rings is 1. The number of benzene rings is 2. The van der Waals surface area contributed by atoms with Crippen molar-refractivity contribution in [3.63, 3.8) is 0 Å². The minimum absolute atomic E-state index is 0.0659. The summed E-state index contributed by atoms with van der Waals surface area (Å²) in [4.78, 5) is 4.70. The maximum atomic E-state index is 6.45. The summed E-state index contributed by atoms with van der Waals surface area (Å²) in [5, 5.41) is 0. The van der Waals surface area contributed by atoms with E-state index < -0.39 is 0 Å². The van der Waals surface area contributed by atoms with E-state index in [1.165, 1.54) is 18.4 Å². The zero-order chi connectivity index (χ0) is 18.9. The summed E-state index contributed by atoms with van der Waals surface area (Å²) in [7, 11) is 1.68. The van der Waals surface area contributed by atoms with E-state index in [9.17, 15) is 0 Å². The quantitative estimate of drug-likeness (QED) is 0.447. The highest BCUT2D eigenvalue weighted by Crippen LogP contribution is 2.45. The number of pyridine rings is 1. The molecular weight excluding hydrogens is 348 g/mol. The smallest absolute Gasteiger partial charge is 0.162 e. The number of hydrogen-bond acceptors (Lipinski definition) is 3. The number of nitrogens with zero attached hydrogens (tertiary/aromatic N) is 2. The Morgan fingerprint density at radius 3 is 2.54 bits per heavy atom. The summed E-state index contributed by atoms with van der Waals surface area (Å²) in [6.45, 7) is 0. The van der Waals surface area contributed by atoms with Gasteiger partial charge in [-0.2, -0.15) is 0 Å². The molecule has 0 saturated heterocycles. The molecule has 4 nitrogen and oxygen atoms in total. The largest absolute Gasteiger partial charge is 0.493 e. The Morgan fingerprint density at radius 2 is 1.79 bits per heavy atom. The lowest BCUT2D eigenvalue weighted by Gasteiger charge is -2.21. The Hall–Kier alpha value is -3.27. The first-order valence-corrected chi connectivity index (χ1v) is 9.65. The van der Waals surface area contributed by atoms with Crippen molar-refractivity contribution in [1.82, 2.24) is 9.38 Å². The molecule has 0 radical (unpaired) electrons. The van der Waals surface area contributed by atoms with Crippen LogP contribution in [-0.4, -0.2) is 16.5 Å². The fourth-order valence-corrected chi connectivity index (χ4v) is 3.61. The summed E-state index contributed by atoms with van der Waals surface area (Å²) < 4.78 is 14.1. The molecule has 4 heteroatoms. The number of aromatic nitrogens is 2. The van der Waals surface area contributed by atoms with Gasteiger partial charge in [-0.15, -0.1) is 0 Å². The zero-order valence-electron chi connectivity index (χ0n) is 15.8. The van der Waals surface area contributed by atoms with Crippen LogP contribution in [0.15, 0.2) is 79.1 Å². The summed E-state index contributed by atoms with van der Waals surface area (Å²) in [5.41, 5.74) is 4.07. The van der Waals surface area contributed by atoms with E-state index in [-0.39, 0.29) is 6.10 Å². The van der Waals surface area contributed by atoms with Crippen LogP contribution in [0.2, 0.25) is 0 Å². The lowest BCUT2D eigenvalue weighted by Crippen LogP contribution is -2.10. The summed E-state index contributed by atoms with van der Waals surface area (Å²) in [5.74, 6) is 2.08. The SMILES string of the molecule is COc1cc(-c2cn3ccccc3n2)ccc1OC(c1ccccc1)C1CC1. The Bertz CT molecular complexity index is 1070. The predicted molar refractivity (Wildman–Crippen MR) is 110 cm³/mol. The van der Waals surface area contributed by atoms with Crippen LogP contribution in [0.1, 0.15) is 24.5 Å². The number of methoxy groups -OCH3 is 1. The van der Waals surface area contributed by atoms with Crippen molar-refractivity contribution in [2.75, 3.05) is 7.11 Å². The van der Waals surface area contributed by atoms with Gasteiger partial charge < -0.3 is 13.9 Å². The van der Waals surface area contributed by atoms with Gasteiger partial charge >= 0.3 is 0 Å². The van der Waals surface area contributed by atoms with E-state index >= 15 is 0 Å². The third-order valence-electron chi connectivity index (χ3n) is 5.26. The molecule has 0 bridgehead atoms. The number of fused-ring (bicyclic) bond motifs is 1.